The lowest BCUT2D eigenvalue weighted by molar-refractivity contribution is -0.143. The zero-order valence-corrected chi connectivity index (χ0v) is 21.0. The van der Waals surface area contributed by atoms with Gasteiger partial charge in [-0.05, 0) is 55.2 Å². The van der Waals surface area contributed by atoms with Gasteiger partial charge in [-0.15, -0.1) is 0 Å². The lowest BCUT2D eigenvalue weighted by Crippen LogP contribution is -2.36. The lowest BCUT2D eigenvalue weighted by Gasteiger charge is -2.25. The molecule has 0 aliphatic rings. The van der Waals surface area contributed by atoms with Crippen molar-refractivity contribution in [2.75, 3.05) is 19.0 Å². The molecule has 3 aromatic rings. The topological polar surface area (TPSA) is 119 Å². The largest absolute Gasteiger partial charge is 0.505 e. The highest BCUT2D eigenvalue weighted by atomic mass is 16.5. The number of aromatic nitrogens is 1. The number of ether oxygens (including phenoxy) is 2. The molecule has 9 nitrogen and oxygen atoms in total. The summed E-state index contributed by atoms with van der Waals surface area (Å²) >= 11 is 0. The molecule has 190 valence electrons. The van der Waals surface area contributed by atoms with Gasteiger partial charge in [-0.3, -0.25) is 9.59 Å². The fraction of sp³-hybridized carbons (Fsp3) is 0.296. The van der Waals surface area contributed by atoms with Gasteiger partial charge in [-0.25, -0.2) is 4.79 Å². The monoisotopic (exact) mass is 493 g/mol. The van der Waals surface area contributed by atoms with E-state index in [0.29, 0.717) is 11.3 Å². The summed E-state index contributed by atoms with van der Waals surface area (Å²) < 4.78 is 12.0. The Morgan fingerprint density at radius 1 is 1.08 bits per heavy atom. The van der Waals surface area contributed by atoms with Crippen LogP contribution in [0, 0.1) is 13.8 Å². The Balaban J connectivity index is 2.06. The number of hydrogen-bond donors (Lipinski definition) is 3. The summed E-state index contributed by atoms with van der Waals surface area (Å²) in [6.45, 7) is 5.79. The molecule has 3 rings (SSSR count). The third-order valence-corrected chi connectivity index (χ3v) is 5.94. The second-order valence-electron chi connectivity index (χ2n) is 8.32. The Kier molecular flexibility index (Phi) is 8.37. The number of esters is 1. The summed E-state index contributed by atoms with van der Waals surface area (Å²) in [5.74, 6) is -0.396. The maximum Gasteiger partial charge on any atom is 0.319 e. The minimum Gasteiger partial charge on any atom is -0.505 e. The van der Waals surface area contributed by atoms with E-state index in [1.807, 2.05) is 44.2 Å². The van der Waals surface area contributed by atoms with Gasteiger partial charge in [0.05, 0.1) is 26.2 Å². The molecule has 9 heteroatoms. The average molecular weight is 494 g/mol. The van der Waals surface area contributed by atoms with Crippen LogP contribution in [0.25, 0.3) is 11.1 Å². The molecule has 0 saturated heterocycles. The average Bonchev–Trinajstić information content (AvgIpc) is 2.84. The van der Waals surface area contributed by atoms with Gasteiger partial charge in [-0.1, -0.05) is 30.3 Å². The van der Waals surface area contributed by atoms with Gasteiger partial charge in [-0.2, -0.15) is 0 Å². The van der Waals surface area contributed by atoms with Crippen molar-refractivity contribution in [3.63, 3.8) is 0 Å². The van der Waals surface area contributed by atoms with E-state index in [4.69, 9.17) is 9.47 Å². The van der Waals surface area contributed by atoms with Gasteiger partial charge < -0.3 is 29.8 Å². The first-order valence-corrected chi connectivity index (χ1v) is 11.5. The van der Waals surface area contributed by atoms with Crippen LogP contribution < -0.4 is 20.9 Å². The van der Waals surface area contributed by atoms with E-state index in [1.165, 1.54) is 31.0 Å². The van der Waals surface area contributed by atoms with E-state index in [-0.39, 0.29) is 24.5 Å². The first-order chi connectivity index (χ1) is 17.2. The van der Waals surface area contributed by atoms with Crippen LogP contribution in [0.2, 0.25) is 0 Å². The van der Waals surface area contributed by atoms with E-state index in [0.717, 1.165) is 22.3 Å². The fourth-order valence-corrected chi connectivity index (χ4v) is 4.14. The summed E-state index contributed by atoms with van der Waals surface area (Å²) in [5.41, 5.74) is 3.57. The molecule has 1 unspecified atom stereocenters. The highest BCUT2D eigenvalue weighted by molar-refractivity contribution is 5.91. The number of nitrogens with one attached hydrogen (secondary N) is 2. The fourth-order valence-electron chi connectivity index (χ4n) is 4.14. The molecule has 36 heavy (non-hydrogen) atoms. The van der Waals surface area contributed by atoms with Crippen molar-refractivity contribution < 1.29 is 24.2 Å². The van der Waals surface area contributed by atoms with Gasteiger partial charge in [0.25, 0.3) is 5.56 Å². The number of amides is 2. The second kappa shape index (κ2) is 11.4. The second-order valence-corrected chi connectivity index (χ2v) is 8.32. The minimum atomic E-state index is -0.849. The smallest absolute Gasteiger partial charge is 0.319 e. The summed E-state index contributed by atoms with van der Waals surface area (Å²) in [7, 11) is 3.01. The number of benzene rings is 2. The van der Waals surface area contributed by atoms with Crippen LogP contribution in [0.5, 0.6) is 11.5 Å². The van der Waals surface area contributed by atoms with Gasteiger partial charge in [0, 0.05) is 18.8 Å². The number of nitrogens with zero attached hydrogens (tertiary/aromatic N) is 1. The SMILES string of the molecule is CCOC(=O)CC(NC(=O)Nc1c(O)ccn(C)c1=O)c1c(OC)ccc(-c2ccccc2C)c1C. The van der Waals surface area contributed by atoms with Crippen LogP contribution in [-0.2, 0) is 16.6 Å². The zero-order valence-electron chi connectivity index (χ0n) is 21.0. The molecule has 3 N–H and O–H groups in total. The number of aryl methyl sites for hydroxylation is 2. The van der Waals surface area contributed by atoms with Gasteiger partial charge in [0.15, 0.2) is 5.69 Å². The van der Waals surface area contributed by atoms with Crippen molar-refractivity contribution in [2.45, 2.75) is 33.2 Å². The third-order valence-electron chi connectivity index (χ3n) is 5.94. The van der Waals surface area contributed by atoms with Crippen molar-refractivity contribution in [3.8, 4) is 22.6 Å². The zero-order chi connectivity index (χ0) is 26.4. The lowest BCUT2D eigenvalue weighted by atomic mass is 9.89. The van der Waals surface area contributed by atoms with Crippen LogP contribution in [0.1, 0.15) is 36.1 Å². The number of anilines is 1. The molecular formula is C27H31N3O6. The molecule has 2 aromatic carbocycles. The van der Waals surface area contributed by atoms with Gasteiger partial charge in [0.2, 0.25) is 0 Å². The molecule has 0 saturated carbocycles. The number of rotatable bonds is 8. The van der Waals surface area contributed by atoms with Crippen LogP contribution in [-0.4, -0.2) is 35.4 Å². The number of aromatic hydroxyl groups is 1. The molecular weight excluding hydrogens is 462 g/mol. The maximum atomic E-state index is 13.0. The number of pyridine rings is 1. The van der Waals surface area contributed by atoms with Crippen LogP contribution in [0.15, 0.2) is 53.5 Å². The molecule has 0 fully saturated rings. The number of methoxy groups -OCH3 is 1. The van der Waals surface area contributed by atoms with Crippen molar-refractivity contribution in [2.24, 2.45) is 7.05 Å². The predicted octanol–water partition coefficient (Wildman–Crippen LogP) is 4.20. The van der Waals surface area contributed by atoms with Crippen molar-refractivity contribution in [3.05, 3.63) is 75.7 Å². The van der Waals surface area contributed by atoms with Crippen molar-refractivity contribution in [1.29, 1.82) is 0 Å². The normalized spacial score (nSPS) is 11.5. The van der Waals surface area contributed by atoms with Gasteiger partial charge in [0.1, 0.15) is 11.5 Å². The molecule has 1 atom stereocenters. The minimum absolute atomic E-state index is 0.172. The quantitative estimate of drug-likeness (QED) is 0.405. The van der Waals surface area contributed by atoms with E-state index >= 15 is 0 Å². The van der Waals surface area contributed by atoms with E-state index in [9.17, 15) is 19.5 Å². The summed E-state index contributed by atoms with van der Waals surface area (Å²) in [6, 6.07) is 11.3. The van der Waals surface area contributed by atoms with Crippen LogP contribution >= 0.6 is 0 Å². The Morgan fingerprint density at radius 3 is 2.47 bits per heavy atom. The summed E-state index contributed by atoms with van der Waals surface area (Å²) in [4.78, 5) is 37.9. The van der Waals surface area contributed by atoms with Crippen molar-refractivity contribution >= 4 is 17.7 Å². The molecule has 1 heterocycles. The third kappa shape index (κ3) is 5.68. The number of urea groups is 1. The molecule has 0 spiro atoms. The first-order valence-electron chi connectivity index (χ1n) is 11.5. The maximum absolute atomic E-state index is 13.0. The number of hydrogen-bond acceptors (Lipinski definition) is 6. The Bertz CT molecular complexity index is 1330. The Morgan fingerprint density at radius 2 is 1.81 bits per heavy atom. The van der Waals surface area contributed by atoms with Gasteiger partial charge >= 0.3 is 12.0 Å². The van der Waals surface area contributed by atoms with Crippen LogP contribution in [0.3, 0.4) is 0 Å². The highest BCUT2D eigenvalue weighted by Crippen LogP contribution is 2.38. The van der Waals surface area contributed by atoms with Crippen molar-refractivity contribution in [1.82, 2.24) is 9.88 Å². The summed E-state index contributed by atoms with van der Waals surface area (Å²) in [6.07, 6.45) is 1.21. The predicted molar refractivity (Wildman–Crippen MR) is 137 cm³/mol. The standard InChI is InChI=1S/C27H31N3O6/c1-6-36-23(32)15-20(28-27(34)29-25-21(31)13-14-30(4)26(25)33)24-17(3)19(11-12-22(24)35-5)18-10-8-7-9-16(18)2/h7-14,20,31H,6,15H2,1-5H3,(H2,28,29,34). The molecule has 0 aliphatic carbocycles. The Labute approximate surface area is 209 Å². The molecule has 2 amide bonds. The number of carbonyl (C=O) groups is 2. The molecule has 0 aliphatic heterocycles. The first kappa shape index (κ1) is 26.3. The summed E-state index contributed by atoms with van der Waals surface area (Å²) in [5, 5.41) is 15.3. The molecule has 0 radical (unpaired) electrons. The molecule has 0 bridgehead atoms. The molecule has 1 aromatic heterocycles. The Hall–Kier alpha value is -4.27. The number of carbonyl (C=O) groups excluding carboxylic acids is 2. The van der Waals surface area contributed by atoms with E-state index in [1.54, 1.807) is 13.0 Å². The highest BCUT2D eigenvalue weighted by Gasteiger charge is 2.27. The van der Waals surface area contributed by atoms with E-state index in [2.05, 4.69) is 10.6 Å². The van der Waals surface area contributed by atoms with Crippen LogP contribution in [0.4, 0.5) is 10.5 Å². The van der Waals surface area contributed by atoms with E-state index < -0.39 is 23.6 Å².